The number of hydrogen-bond donors (Lipinski definition) is 0. The van der Waals surface area contributed by atoms with Gasteiger partial charge in [-0.2, -0.15) is 0 Å². The molecule has 0 aromatic heterocycles. The molecular weight excluding hydrogens is 388 g/mol. The minimum Gasteiger partial charge on any atom is -0.206 e. The summed E-state index contributed by atoms with van der Waals surface area (Å²) in [6, 6.07) is 5.39. The Morgan fingerprint density at radius 2 is 1.46 bits per heavy atom. The molecule has 0 heterocycles. The quantitative estimate of drug-likeness (QED) is 0.348. The molecule has 0 amide bonds. The lowest BCUT2D eigenvalue weighted by Gasteiger charge is -2.27. The molecule has 2 aromatic carbocycles. The van der Waals surface area contributed by atoms with Gasteiger partial charge in [-0.3, -0.25) is 0 Å². The van der Waals surface area contributed by atoms with Gasteiger partial charge in [0.1, 0.15) is 28.3 Å². The van der Waals surface area contributed by atoms with Crippen LogP contribution in [0.25, 0.3) is 6.08 Å². The van der Waals surface area contributed by atoms with Crippen LogP contribution in [0.2, 0.25) is 5.02 Å². The molecule has 5 heteroatoms. The minimum absolute atomic E-state index is 0.0104. The summed E-state index contributed by atoms with van der Waals surface area (Å²) in [5.74, 6) is -2.31. The van der Waals surface area contributed by atoms with Crippen molar-refractivity contribution in [2.45, 2.75) is 51.4 Å². The van der Waals surface area contributed by atoms with Crippen LogP contribution in [0, 0.1) is 29.2 Å². The number of hydrogen-bond acceptors (Lipinski definition) is 0. The van der Waals surface area contributed by atoms with Gasteiger partial charge in [-0.1, -0.05) is 37.1 Å². The molecule has 0 aliphatic heterocycles. The Kier molecular flexibility index (Phi) is 6.82. The average molecular weight is 411 g/mol. The summed E-state index contributed by atoms with van der Waals surface area (Å²) < 4.78 is 55.8. The molecular formula is C23H23ClF4. The van der Waals surface area contributed by atoms with Crippen LogP contribution in [0.1, 0.15) is 61.6 Å². The van der Waals surface area contributed by atoms with Crippen molar-refractivity contribution in [3.63, 3.8) is 0 Å². The highest BCUT2D eigenvalue weighted by molar-refractivity contribution is 6.30. The minimum atomic E-state index is -0.740. The van der Waals surface area contributed by atoms with E-state index < -0.39 is 28.3 Å². The molecule has 0 radical (unpaired) electrons. The van der Waals surface area contributed by atoms with Gasteiger partial charge >= 0.3 is 0 Å². The molecule has 1 fully saturated rings. The largest absolute Gasteiger partial charge is 0.206 e. The lowest BCUT2D eigenvalue weighted by atomic mass is 9.78. The molecule has 1 aliphatic rings. The zero-order valence-electron chi connectivity index (χ0n) is 15.8. The molecule has 0 bridgehead atoms. The summed E-state index contributed by atoms with van der Waals surface area (Å²) in [6.07, 6.45) is 7.96. The maximum Gasteiger partial charge on any atom is 0.145 e. The lowest BCUT2D eigenvalue weighted by molar-refractivity contribution is 0.375. The van der Waals surface area contributed by atoms with Crippen molar-refractivity contribution in [3.8, 4) is 0 Å². The van der Waals surface area contributed by atoms with Gasteiger partial charge in [0.2, 0.25) is 0 Å². The van der Waals surface area contributed by atoms with Gasteiger partial charge in [0, 0.05) is 5.56 Å². The normalized spacial score (nSPS) is 20.1. The monoisotopic (exact) mass is 410 g/mol. The van der Waals surface area contributed by atoms with Crippen LogP contribution in [0.4, 0.5) is 17.6 Å². The molecule has 2 aromatic rings. The predicted octanol–water partition coefficient (Wildman–Crippen LogP) is 7.84. The molecule has 3 rings (SSSR count). The average Bonchev–Trinajstić information content (AvgIpc) is 2.66. The topological polar surface area (TPSA) is 0 Å². The van der Waals surface area contributed by atoms with Gasteiger partial charge in [-0.15, -0.1) is 0 Å². The SMILES string of the molecule is CCCc1cc(F)c(C=CC2CCC(c3cc(F)c(Cl)c(F)c3)CC2)c(F)c1. The van der Waals surface area contributed by atoms with E-state index in [1.165, 1.54) is 30.3 Å². The number of rotatable bonds is 5. The number of allylic oxidation sites excluding steroid dienone is 1. The molecule has 0 nitrogen and oxygen atoms in total. The number of benzene rings is 2. The Balaban J connectivity index is 1.65. The third-order valence-electron chi connectivity index (χ3n) is 5.46. The summed E-state index contributed by atoms with van der Waals surface area (Å²) in [5, 5.41) is -0.477. The predicted molar refractivity (Wildman–Crippen MR) is 105 cm³/mol. The van der Waals surface area contributed by atoms with E-state index in [9.17, 15) is 17.6 Å². The number of halogens is 5. The van der Waals surface area contributed by atoms with E-state index >= 15 is 0 Å². The zero-order chi connectivity index (χ0) is 20.3. The molecule has 28 heavy (non-hydrogen) atoms. The highest BCUT2D eigenvalue weighted by Crippen LogP contribution is 2.38. The molecule has 0 atom stereocenters. The van der Waals surface area contributed by atoms with E-state index in [-0.39, 0.29) is 17.4 Å². The third-order valence-corrected chi connectivity index (χ3v) is 5.82. The molecule has 1 saturated carbocycles. The van der Waals surface area contributed by atoms with Crippen molar-refractivity contribution in [1.82, 2.24) is 0 Å². The smallest absolute Gasteiger partial charge is 0.145 e. The van der Waals surface area contributed by atoms with Crippen molar-refractivity contribution in [2.75, 3.05) is 0 Å². The Labute approximate surface area is 168 Å². The number of aryl methyl sites for hydroxylation is 1. The summed E-state index contributed by atoms with van der Waals surface area (Å²) >= 11 is 5.54. The van der Waals surface area contributed by atoms with Gasteiger partial charge in [-0.05, 0) is 79.3 Å². The van der Waals surface area contributed by atoms with Crippen LogP contribution < -0.4 is 0 Å². The van der Waals surface area contributed by atoms with E-state index in [1.807, 2.05) is 13.0 Å². The second kappa shape index (κ2) is 9.13. The van der Waals surface area contributed by atoms with Crippen LogP contribution in [0.15, 0.2) is 30.3 Å². The van der Waals surface area contributed by atoms with Crippen molar-refractivity contribution in [3.05, 3.63) is 75.3 Å². The second-order valence-corrected chi connectivity index (χ2v) is 7.87. The Morgan fingerprint density at radius 1 is 0.893 bits per heavy atom. The maximum atomic E-state index is 14.2. The van der Waals surface area contributed by atoms with E-state index in [0.717, 1.165) is 32.1 Å². The Morgan fingerprint density at radius 3 is 2.00 bits per heavy atom. The van der Waals surface area contributed by atoms with Crippen LogP contribution in [0.5, 0.6) is 0 Å². The van der Waals surface area contributed by atoms with E-state index in [0.29, 0.717) is 17.5 Å². The molecule has 1 aliphatic carbocycles. The maximum absolute atomic E-state index is 14.2. The molecule has 0 N–H and O–H groups in total. The summed E-state index contributed by atoms with van der Waals surface area (Å²) in [4.78, 5) is 0. The summed E-state index contributed by atoms with van der Waals surface area (Å²) in [6.45, 7) is 1.97. The highest BCUT2D eigenvalue weighted by Gasteiger charge is 2.23. The van der Waals surface area contributed by atoms with Crippen molar-refractivity contribution >= 4 is 17.7 Å². The van der Waals surface area contributed by atoms with Gasteiger partial charge in [0.05, 0.1) is 0 Å². The molecule has 0 saturated heterocycles. The van der Waals surface area contributed by atoms with Crippen LogP contribution in [-0.2, 0) is 6.42 Å². The van der Waals surface area contributed by atoms with Crippen molar-refractivity contribution in [2.24, 2.45) is 5.92 Å². The van der Waals surface area contributed by atoms with Crippen LogP contribution in [-0.4, -0.2) is 0 Å². The molecule has 0 unspecified atom stereocenters. The van der Waals surface area contributed by atoms with E-state index in [1.54, 1.807) is 0 Å². The summed E-state index contributed by atoms with van der Waals surface area (Å²) in [7, 11) is 0. The van der Waals surface area contributed by atoms with E-state index in [2.05, 4.69) is 0 Å². The Hall–Kier alpha value is -1.81. The van der Waals surface area contributed by atoms with Gasteiger partial charge in [0.25, 0.3) is 0 Å². The summed E-state index contributed by atoms with van der Waals surface area (Å²) in [5.41, 5.74) is 1.27. The molecule has 150 valence electrons. The van der Waals surface area contributed by atoms with Crippen LogP contribution in [0.3, 0.4) is 0 Å². The Bertz CT molecular complexity index is 821. The fraction of sp³-hybridized carbons (Fsp3) is 0.391. The van der Waals surface area contributed by atoms with Crippen molar-refractivity contribution in [1.29, 1.82) is 0 Å². The van der Waals surface area contributed by atoms with Crippen molar-refractivity contribution < 1.29 is 17.6 Å². The van der Waals surface area contributed by atoms with Crippen LogP contribution >= 0.6 is 11.6 Å². The van der Waals surface area contributed by atoms with Gasteiger partial charge < -0.3 is 0 Å². The van der Waals surface area contributed by atoms with Gasteiger partial charge in [0.15, 0.2) is 0 Å². The third kappa shape index (κ3) is 4.78. The second-order valence-electron chi connectivity index (χ2n) is 7.49. The van der Waals surface area contributed by atoms with E-state index in [4.69, 9.17) is 11.6 Å². The first kappa shape index (κ1) is 20.9. The highest BCUT2D eigenvalue weighted by atomic mass is 35.5. The first-order valence-corrected chi connectivity index (χ1v) is 10.1. The van der Waals surface area contributed by atoms with Gasteiger partial charge in [-0.25, -0.2) is 17.6 Å². The fourth-order valence-corrected chi connectivity index (χ4v) is 4.03. The molecule has 0 spiro atoms. The first-order valence-electron chi connectivity index (χ1n) is 9.69. The zero-order valence-corrected chi connectivity index (χ0v) is 16.5. The lowest BCUT2D eigenvalue weighted by Crippen LogP contribution is -2.12. The fourth-order valence-electron chi connectivity index (χ4n) is 3.92. The first-order chi connectivity index (χ1) is 13.4. The standard InChI is InChI=1S/C23H23ClF4/c1-2-3-15-10-19(25)18(20(26)11-15)9-6-14-4-7-16(8-5-14)17-12-21(27)23(24)22(28)13-17/h6,9-14,16H,2-5,7-8H2,1H3.